The third kappa shape index (κ3) is 7.62. The fourth-order valence-electron chi connectivity index (χ4n) is 5.34. The molecule has 4 rings (SSSR count). The van der Waals surface area contributed by atoms with Crippen molar-refractivity contribution in [1.82, 2.24) is 14.7 Å². The van der Waals surface area contributed by atoms with E-state index in [1.54, 1.807) is 41.3 Å². The summed E-state index contributed by atoms with van der Waals surface area (Å²) < 4.78 is 18.7. The summed E-state index contributed by atoms with van der Waals surface area (Å²) in [6.07, 6.45) is 3.56. The fraction of sp³-hybridized carbons (Fsp3) is 0.484. The van der Waals surface area contributed by atoms with Crippen LogP contribution in [0.4, 0.5) is 9.18 Å². The maximum atomic E-state index is 13.2. The van der Waals surface area contributed by atoms with Crippen LogP contribution in [0, 0.1) is 5.82 Å². The van der Waals surface area contributed by atoms with Gasteiger partial charge in [0.25, 0.3) is 0 Å². The van der Waals surface area contributed by atoms with Crippen molar-refractivity contribution in [3.05, 3.63) is 76.1 Å². The summed E-state index contributed by atoms with van der Waals surface area (Å²) in [5, 5.41) is 12.1. The van der Waals surface area contributed by atoms with Gasteiger partial charge in [-0.1, -0.05) is 29.8 Å². The Morgan fingerprint density at radius 2 is 1.77 bits per heavy atom. The predicted molar refractivity (Wildman–Crippen MR) is 154 cm³/mol. The number of likely N-dealkylation sites (tertiary alicyclic amines) is 1. The third-order valence-electron chi connectivity index (χ3n) is 7.48. The van der Waals surface area contributed by atoms with Crippen molar-refractivity contribution < 1.29 is 23.8 Å². The normalized spacial score (nSPS) is 20.1. The van der Waals surface area contributed by atoms with Crippen molar-refractivity contribution >= 4 is 29.7 Å². The Kier molecular flexibility index (Phi) is 9.22. The molecule has 0 bridgehead atoms. The Balaban J connectivity index is 1.40. The summed E-state index contributed by atoms with van der Waals surface area (Å²) in [7, 11) is 0. The van der Waals surface area contributed by atoms with Crippen LogP contribution in [-0.4, -0.2) is 76.2 Å². The van der Waals surface area contributed by atoms with E-state index in [9.17, 15) is 19.1 Å². The fourth-order valence-corrected chi connectivity index (χ4v) is 5.51. The molecule has 2 heterocycles. The quantitative estimate of drug-likeness (QED) is 0.484. The molecule has 7 nitrogen and oxygen atoms in total. The third-order valence-corrected chi connectivity index (χ3v) is 7.71. The van der Waals surface area contributed by atoms with Crippen molar-refractivity contribution in [3.63, 3.8) is 0 Å². The molecule has 0 spiro atoms. The van der Waals surface area contributed by atoms with Crippen LogP contribution in [0.3, 0.4) is 0 Å². The van der Waals surface area contributed by atoms with Crippen LogP contribution in [0.5, 0.6) is 0 Å². The molecule has 1 N–H and O–H groups in total. The standard InChI is InChI=1S/C31H39ClFN3O4/c1-22-20-34(21-23-5-10-26(33)11-6-23)17-18-36(22)28(37)12-8-24-7-9-25(32)19-27(24)31(39)13-15-35(16-14-31)29(38)40-30(2,3)4/h5-12,19,22,39H,13-18,20-21H2,1-4H3/b12-8+/t22-/m1/s1. The van der Waals surface area contributed by atoms with Crippen LogP contribution >= 0.6 is 11.6 Å². The molecule has 2 fully saturated rings. The van der Waals surface area contributed by atoms with Crippen molar-refractivity contribution in [1.29, 1.82) is 0 Å². The lowest BCUT2D eigenvalue weighted by molar-refractivity contribution is -0.130. The first-order chi connectivity index (χ1) is 18.8. The first kappa shape index (κ1) is 30.0. The van der Waals surface area contributed by atoms with E-state index in [-0.39, 0.29) is 17.8 Å². The largest absolute Gasteiger partial charge is 0.444 e. The molecule has 2 aliphatic heterocycles. The minimum atomic E-state index is -1.19. The highest BCUT2D eigenvalue weighted by atomic mass is 35.5. The number of hydrogen-bond donors (Lipinski definition) is 1. The van der Waals surface area contributed by atoms with Gasteiger partial charge in [-0.3, -0.25) is 9.69 Å². The first-order valence-electron chi connectivity index (χ1n) is 13.8. The second-order valence-electron chi connectivity index (χ2n) is 11.8. The molecule has 40 heavy (non-hydrogen) atoms. The Labute approximate surface area is 241 Å². The smallest absolute Gasteiger partial charge is 0.410 e. The van der Waals surface area contributed by atoms with Gasteiger partial charge in [-0.25, -0.2) is 9.18 Å². The van der Waals surface area contributed by atoms with Crippen molar-refractivity contribution in [3.8, 4) is 0 Å². The topological polar surface area (TPSA) is 73.3 Å². The Morgan fingerprint density at radius 1 is 1.10 bits per heavy atom. The Hall–Kier alpha value is -2.94. The molecule has 1 atom stereocenters. The predicted octanol–water partition coefficient (Wildman–Crippen LogP) is 5.44. The lowest BCUT2D eigenvalue weighted by Crippen LogP contribution is -2.53. The van der Waals surface area contributed by atoms with Crippen LogP contribution in [0.2, 0.25) is 5.02 Å². The first-order valence-corrected chi connectivity index (χ1v) is 14.2. The van der Waals surface area contributed by atoms with Crippen LogP contribution in [0.1, 0.15) is 57.2 Å². The van der Waals surface area contributed by atoms with Gasteiger partial charge in [0, 0.05) is 56.4 Å². The summed E-state index contributed by atoms with van der Waals surface area (Å²) in [6.45, 7) is 10.9. The monoisotopic (exact) mass is 571 g/mol. The van der Waals surface area contributed by atoms with Crippen LogP contribution in [0.15, 0.2) is 48.5 Å². The molecule has 2 aliphatic rings. The average molecular weight is 572 g/mol. The molecular weight excluding hydrogens is 533 g/mol. The number of benzene rings is 2. The highest BCUT2D eigenvalue weighted by Crippen LogP contribution is 2.37. The number of aliphatic hydroxyl groups is 1. The lowest BCUT2D eigenvalue weighted by Gasteiger charge is -2.40. The zero-order valence-corrected chi connectivity index (χ0v) is 24.5. The summed E-state index contributed by atoms with van der Waals surface area (Å²) >= 11 is 6.31. The van der Waals surface area contributed by atoms with E-state index in [1.807, 2.05) is 38.7 Å². The van der Waals surface area contributed by atoms with Crippen molar-refractivity contribution in [2.24, 2.45) is 0 Å². The van der Waals surface area contributed by atoms with E-state index in [0.717, 1.165) is 18.7 Å². The molecule has 9 heteroatoms. The molecule has 0 aliphatic carbocycles. The van der Waals surface area contributed by atoms with Gasteiger partial charge in [0.2, 0.25) is 5.91 Å². The number of halogens is 2. The zero-order valence-electron chi connectivity index (χ0n) is 23.7. The molecule has 2 saturated heterocycles. The van der Waals surface area contributed by atoms with E-state index in [2.05, 4.69) is 4.90 Å². The molecular formula is C31H39ClFN3O4. The lowest BCUT2D eigenvalue weighted by atomic mass is 9.82. The minimum Gasteiger partial charge on any atom is -0.444 e. The number of ether oxygens (including phenoxy) is 1. The highest BCUT2D eigenvalue weighted by Gasteiger charge is 2.38. The van der Waals surface area contributed by atoms with Crippen LogP contribution in [0.25, 0.3) is 6.08 Å². The summed E-state index contributed by atoms with van der Waals surface area (Å²) in [5.74, 6) is -0.344. The highest BCUT2D eigenvalue weighted by molar-refractivity contribution is 6.30. The maximum absolute atomic E-state index is 13.2. The van der Waals surface area contributed by atoms with E-state index >= 15 is 0 Å². The molecule has 0 radical (unpaired) electrons. The number of piperidine rings is 1. The maximum Gasteiger partial charge on any atom is 0.410 e. The van der Waals surface area contributed by atoms with Crippen LogP contribution in [-0.2, 0) is 21.7 Å². The van der Waals surface area contributed by atoms with E-state index < -0.39 is 17.3 Å². The van der Waals surface area contributed by atoms with Gasteiger partial charge >= 0.3 is 6.09 Å². The minimum absolute atomic E-state index is 0.0115. The van der Waals surface area contributed by atoms with E-state index in [1.165, 1.54) is 12.1 Å². The van der Waals surface area contributed by atoms with Crippen LogP contribution < -0.4 is 0 Å². The average Bonchev–Trinajstić information content (AvgIpc) is 2.88. The number of rotatable bonds is 5. The van der Waals surface area contributed by atoms with Gasteiger partial charge in [0.05, 0.1) is 5.60 Å². The summed E-state index contributed by atoms with van der Waals surface area (Å²) in [5.41, 5.74) is 0.623. The molecule has 0 saturated carbocycles. The van der Waals surface area contributed by atoms with Gasteiger partial charge in [0.1, 0.15) is 11.4 Å². The SMILES string of the molecule is C[C@@H]1CN(Cc2ccc(F)cc2)CCN1C(=O)/C=C/c1ccc(Cl)cc1C1(O)CCN(C(=O)OC(C)(C)C)CC1. The number of piperazine rings is 1. The van der Waals surface area contributed by atoms with E-state index in [0.29, 0.717) is 55.2 Å². The second kappa shape index (κ2) is 12.3. The number of carbonyl (C=O) groups is 2. The van der Waals surface area contributed by atoms with Gasteiger partial charge < -0.3 is 19.6 Å². The molecule has 216 valence electrons. The van der Waals surface area contributed by atoms with Gasteiger partial charge in [-0.15, -0.1) is 0 Å². The summed E-state index contributed by atoms with van der Waals surface area (Å²) in [6, 6.07) is 11.8. The molecule has 0 unspecified atom stereocenters. The molecule has 2 aromatic rings. The number of amides is 2. The summed E-state index contributed by atoms with van der Waals surface area (Å²) in [4.78, 5) is 31.4. The van der Waals surface area contributed by atoms with Gasteiger partial charge in [0.15, 0.2) is 0 Å². The second-order valence-corrected chi connectivity index (χ2v) is 12.2. The molecule has 2 amide bonds. The van der Waals surface area contributed by atoms with E-state index in [4.69, 9.17) is 16.3 Å². The van der Waals surface area contributed by atoms with Crippen molar-refractivity contribution in [2.45, 2.75) is 64.3 Å². The zero-order chi connectivity index (χ0) is 29.1. The number of hydrogen-bond acceptors (Lipinski definition) is 5. The molecule has 2 aromatic carbocycles. The molecule has 0 aromatic heterocycles. The van der Waals surface area contributed by atoms with Gasteiger partial charge in [-0.05, 0) is 87.6 Å². The number of nitrogens with zero attached hydrogens (tertiary/aromatic N) is 3. The van der Waals surface area contributed by atoms with Crippen molar-refractivity contribution in [2.75, 3.05) is 32.7 Å². The Morgan fingerprint density at radius 3 is 2.40 bits per heavy atom. The van der Waals surface area contributed by atoms with Gasteiger partial charge in [-0.2, -0.15) is 0 Å². The Bertz CT molecular complexity index is 1240. The number of carbonyl (C=O) groups excluding carboxylic acids is 2.